The number of nitrogens with zero attached hydrogens (tertiary/aromatic N) is 3. The van der Waals surface area contributed by atoms with Crippen molar-refractivity contribution >= 4 is 6.09 Å². The summed E-state index contributed by atoms with van der Waals surface area (Å²) in [5.74, 6) is -3.29. The van der Waals surface area contributed by atoms with E-state index >= 15 is 0 Å². The zero-order valence-corrected chi connectivity index (χ0v) is 16.1. The number of aliphatic hydroxyl groups is 1. The van der Waals surface area contributed by atoms with E-state index in [1.165, 1.54) is 4.90 Å². The minimum Gasteiger partial charge on any atom is -0.444 e. The topological polar surface area (TPSA) is 67.6 Å². The molecule has 2 aliphatic rings. The van der Waals surface area contributed by atoms with E-state index < -0.39 is 49.3 Å². The Morgan fingerprint density at radius 2 is 2.00 bits per heavy atom. The van der Waals surface area contributed by atoms with Crippen molar-refractivity contribution in [3.05, 3.63) is 17.0 Å². The summed E-state index contributed by atoms with van der Waals surface area (Å²) in [6, 6.07) is -0.284. The van der Waals surface area contributed by atoms with Gasteiger partial charge in [-0.15, -0.1) is 0 Å². The third-order valence-electron chi connectivity index (χ3n) is 5.06. The molecule has 2 aliphatic heterocycles. The largest absolute Gasteiger partial charge is 0.444 e. The number of hydrogen-bond acceptors (Lipinski definition) is 4. The second-order valence-corrected chi connectivity index (χ2v) is 8.61. The molecular weight excluding hydrogens is 363 g/mol. The molecule has 1 aromatic rings. The molecule has 1 aromatic heterocycles. The smallest absolute Gasteiger partial charge is 0.410 e. The van der Waals surface area contributed by atoms with Crippen LogP contribution in [0.1, 0.15) is 57.5 Å². The van der Waals surface area contributed by atoms with Crippen molar-refractivity contribution < 1.29 is 27.8 Å². The van der Waals surface area contributed by atoms with Crippen LogP contribution in [0.15, 0.2) is 0 Å². The van der Waals surface area contributed by atoms with Crippen LogP contribution in [0.25, 0.3) is 0 Å². The number of fused-ring (bicyclic) bond motifs is 3. The van der Waals surface area contributed by atoms with Crippen molar-refractivity contribution in [2.45, 2.75) is 83.3 Å². The Balaban J connectivity index is 1.98. The first-order valence-corrected chi connectivity index (χ1v) is 9.11. The average Bonchev–Trinajstić information content (AvgIpc) is 2.83. The molecule has 1 N–H and O–H groups in total. The number of aromatic nitrogens is 2. The van der Waals surface area contributed by atoms with Gasteiger partial charge in [-0.1, -0.05) is 0 Å². The van der Waals surface area contributed by atoms with E-state index in [9.17, 15) is 23.1 Å². The number of aliphatic hydroxyl groups excluding tert-OH is 1. The number of rotatable bonds is 1. The lowest BCUT2D eigenvalue weighted by Gasteiger charge is -2.35. The summed E-state index contributed by atoms with van der Waals surface area (Å²) in [6.45, 7) is 5.68. The number of ether oxygens (including phenoxy) is 1. The lowest BCUT2D eigenvalue weighted by Crippen LogP contribution is -2.45. The number of carbonyl (C=O) groups excluding carboxylic acids is 1. The van der Waals surface area contributed by atoms with Gasteiger partial charge >= 0.3 is 6.09 Å². The number of hydrogen-bond donors (Lipinski definition) is 1. The van der Waals surface area contributed by atoms with E-state index in [2.05, 4.69) is 5.10 Å². The van der Waals surface area contributed by atoms with Crippen LogP contribution in [-0.4, -0.2) is 49.8 Å². The van der Waals surface area contributed by atoms with Gasteiger partial charge in [0.15, 0.2) is 5.67 Å². The molecule has 0 unspecified atom stereocenters. The third kappa shape index (κ3) is 3.79. The average molecular weight is 389 g/mol. The molecule has 0 spiro atoms. The summed E-state index contributed by atoms with van der Waals surface area (Å²) in [4.78, 5) is 13.9. The van der Waals surface area contributed by atoms with Crippen molar-refractivity contribution in [2.24, 2.45) is 0 Å². The SMILES string of the molecule is C[C@@H]1Cc2nn3c(c2CN1C(=O)OC(C)(C)C)C(F)(F)CC[C@@](F)(CO)C3. The number of carbonyl (C=O) groups is 1. The summed E-state index contributed by atoms with van der Waals surface area (Å²) >= 11 is 0. The van der Waals surface area contributed by atoms with Crippen molar-refractivity contribution in [3.63, 3.8) is 0 Å². The highest BCUT2D eigenvalue weighted by atomic mass is 19.3. The molecule has 0 saturated heterocycles. The lowest BCUT2D eigenvalue weighted by atomic mass is 9.95. The Kier molecular flexibility index (Phi) is 4.73. The van der Waals surface area contributed by atoms with Gasteiger partial charge in [0.1, 0.15) is 11.3 Å². The van der Waals surface area contributed by atoms with Crippen LogP contribution in [0.4, 0.5) is 18.0 Å². The normalized spacial score (nSPS) is 27.6. The minimum atomic E-state index is -3.29. The zero-order valence-electron chi connectivity index (χ0n) is 16.1. The van der Waals surface area contributed by atoms with Crippen LogP contribution < -0.4 is 0 Å². The Hall–Kier alpha value is -1.77. The molecule has 1 amide bonds. The molecule has 0 bridgehead atoms. The van der Waals surface area contributed by atoms with Crippen molar-refractivity contribution in [3.8, 4) is 0 Å². The van der Waals surface area contributed by atoms with Crippen LogP contribution in [-0.2, 0) is 30.2 Å². The molecule has 0 radical (unpaired) electrons. The van der Waals surface area contributed by atoms with E-state index in [0.29, 0.717) is 5.69 Å². The monoisotopic (exact) mass is 389 g/mol. The van der Waals surface area contributed by atoms with E-state index in [1.54, 1.807) is 27.7 Å². The van der Waals surface area contributed by atoms with Crippen LogP contribution in [0.2, 0.25) is 0 Å². The summed E-state index contributed by atoms with van der Waals surface area (Å²) in [5, 5.41) is 13.5. The Morgan fingerprint density at radius 3 is 2.59 bits per heavy atom. The summed E-state index contributed by atoms with van der Waals surface area (Å²) in [7, 11) is 0. The molecule has 3 rings (SSSR count). The first-order chi connectivity index (χ1) is 12.4. The van der Waals surface area contributed by atoms with Gasteiger partial charge in [-0.3, -0.25) is 4.68 Å². The molecular formula is C18H26F3N3O3. The van der Waals surface area contributed by atoms with Gasteiger partial charge in [-0.2, -0.15) is 13.9 Å². The second-order valence-electron chi connectivity index (χ2n) is 8.61. The molecule has 0 fully saturated rings. The zero-order chi connectivity index (χ0) is 20.2. The molecule has 0 aliphatic carbocycles. The maximum absolute atomic E-state index is 14.8. The fourth-order valence-corrected chi connectivity index (χ4v) is 3.66. The van der Waals surface area contributed by atoms with Crippen LogP contribution >= 0.6 is 0 Å². The van der Waals surface area contributed by atoms with E-state index in [-0.39, 0.29) is 30.3 Å². The highest BCUT2D eigenvalue weighted by Gasteiger charge is 2.48. The molecule has 2 atom stereocenters. The van der Waals surface area contributed by atoms with Gasteiger partial charge in [0, 0.05) is 24.4 Å². The summed E-state index contributed by atoms with van der Waals surface area (Å²) in [6.07, 6.45) is -1.47. The lowest BCUT2D eigenvalue weighted by molar-refractivity contribution is -0.0331. The van der Waals surface area contributed by atoms with Crippen molar-refractivity contribution in [1.29, 1.82) is 0 Å². The maximum Gasteiger partial charge on any atom is 0.410 e. The number of alkyl halides is 3. The molecule has 6 nitrogen and oxygen atoms in total. The molecule has 0 saturated carbocycles. The minimum absolute atomic E-state index is 0.0608. The fraction of sp³-hybridized carbons (Fsp3) is 0.778. The molecule has 0 aromatic carbocycles. The Labute approximate surface area is 156 Å². The molecule has 27 heavy (non-hydrogen) atoms. The highest BCUT2D eigenvalue weighted by molar-refractivity contribution is 5.69. The van der Waals surface area contributed by atoms with E-state index in [0.717, 1.165) is 4.68 Å². The highest BCUT2D eigenvalue weighted by Crippen LogP contribution is 2.44. The molecule has 3 heterocycles. The van der Waals surface area contributed by atoms with Crippen LogP contribution in [0.3, 0.4) is 0 Å². The predicted octanol–water partition coefficient (Wildman–Crippen LogP) is 3.15. The van der Waals surface area contributed by atoms with Gasteiger partial charge in [-0.05, 0) is 34.1 Å². The van der Waals surface area contributed by atoms with Gasteiger partial charge in [0.05, 0.1) is 25.4 Å². The van der Waals surface area contributed by atoms with Crippen LogP contribution in [0.5, 0.6) is 0 Å². The van der Waals surface area contributed by atoms with Gasteiger partial charge in [0.2, 0.25) is 0 Å². The number of halogens is 3. The molecule has 9 heteroatoms. The van der Waals surface area contributed by atoms with Gasteiger partial charge in [-0.25, -0.2) is 9.18 Å². The fourth-order valence-electron chi connectivity index (χ4n) is 3.66. The van der Waals surface area contributed by atoms with Crippen molar-refractivity contribution in [1.82, 2.24) is 14.7 Å². The number of amides is 1. The van der Waals surface area contributed by atoms with Gasteiger partial charge < -0.3 is 14.7 Å². The summed E-state index contributed by atoms with van der Waals surface area (Å²) in [5.41, 5.74) is -2.50. The Morgan fingerprint density at radius 1 is 1.33 bits per heavy atom. The Bertz CT molecular complexity index is 744. The van der Waals surface area contributed by atoms with Crippen molar-refractivity contribution in [2.75, 3.05) is 6.61 Å². The first kappa shape index (κ1) is 20.0. The molecule has 152 valence electrons. The quantitative estimate of drug-likeness (QED) is 0.801. The van der Waals surface area contributed by atoms with Gasteiger partial charge in [0.25, 0.3) is 5.92 Å². The van der Waals surface area contributed by atoms with E-state index in [1.807, 2.05) is 0 Å². The first-order valence-electron chi connectivity index (χ1n) is 9.11. The second kappa shape index (κ2) is 6.39. The maximum atomic E-state index is 14.8. The predicted molar refractivity (Wildman–Crippen MR) is 91.2 cm³/mol. The standard InChI is InChI=1S/C18H26F3N3O3/c1-11-7-13-12(8-23(11)15(26)27-16(2,3)4)14-18(20,21)6-5-17(19,10-25)9-24(14)22-13/h11,25H,5-10H2,1-4H3/t11-,17+/m1/s1. The summed E-state index contributed by atoms with van der Waals surface area (Å²) < 4.78 is 50.7. The third-order valence-corrected chi connectivity index (χ3v) is 5.06. The van der Waals surface area contributed by atoms with Crippen LogP contribution in [0, 0.1) is 0 Å². The van der Waals surface area contributed by atoms with E-state index in [4.69, 9.17) is 4.74 Å².